The average Bonchev–Trinajstić information content (AvgIpc) is 2.57. The van der Waals surface area contributed by atoms with Crippen LogP contribution in [0.25, 0.3) is 0 Å². The van der Waals surface area contributed by atoms with Crippen molar-refractivity contribution in [2.45, 2.75) is 51.5 Å². The lowest BCUT2D eigenvalue weighted by molar-refractivity contribution is 0.373. The van der Waals surface area contributed by atoms with Gasteiger partial charge in [-0.2, -0.15) is 0 Å². The number of hydrogen-bond donors (Lipinski definition) is 3. The van der Waals surface area contributed by atoms with E-state index in [-0.39, 0.29) is 0 Å². The summed E-state index contributed by atoms with van der Waals surface area (Å²) < 4.78 is 0. The van der Waals surface area contributed by atoms with Gasteiger partial charge in [-0.25, -0.2) is 0 Å². The zero-order valence-electron chi connectivity index (χ0n) is 14.8. The van der Waals surface area contributed by atoms with Gasteiger partial charge in [0.25, 0.3) is 0 Å². The third-order valence-corrected chi connectivity index (χ3v) is 5.02. The maximum atomic E-state index is 8.12. The molecule has 1 aliphatic rings. The maximum Gasteiger partial charge on any atom is 0.193 e. The molecule has 0 bridgehead atoms. The first-order valence-corrected chi connectivity index (χ1v) is 9.20. The van der Waals surface area contributed by atoms with Gasteiger partial charge >= 0.3 is 0 Å². The highest BCUT2D eigenvalue weighted by molar-refractivity contribution is 6.30. The van der Waals surface area contributed by atoms with Crippen LogP contribution in [0.15, 0.2) is 36.4 Å². The molecular formula is C20H25ClN4. The molecule has 1 aromatic heterocycles. The first kappa shape index (κ1) is 17.7. The van der Waals surface area contributed by atoms with Gasteiger partial charge in [0.2, 0.25) is 0 Å². The minimum absolute atomic E-state index is 0.348. The van der Waals surface area contributed by atoms with Crippen LogP contribution in [0, 0.1) is 19.3 Å². The number of nitrogens with one attached hydrogen (secondary N) is 3. The first-order chi connectivity index (χ1) is 12.0. The van der Waals surface area contributed by atoms with Crippen molar-refractivity contribution in [1.82, 2.24) is 10.3 Å². The summed E-state index contributed by atoms with van der Waals surface area (Å²) in [5, 5.41) is 15.2. The Kier molecular flexibility index (Phi) is 5.59. The summed E-state index contributed by atoms with van der Waals surface area (Å²) in [6, 6.07) is 12.2. The number of aryl methyl sites for hydroxylation is 2. The largest absolute Gasteiger partial charge is 0.354 e. The average molecular weight is 357 g/mol. The topological polar surface area (TPSA) is 60.8 Å². The van der Waals surface area contributed by atoms with E-state index < -0.39 is 0 Å². The number of pyridine rings is 1. The lowest BCUT2D eigenvalue weighted by Crippen LogP contribution is -2.40. The molecule has 1 saturated carbocycles. The minimum Gasteiger partial charge on any atom is -0.354 e. The Hall–Kier alpha value is -2.07. The lowest BCUT2D eigenvalue weighted by Gasteiger charge is -2.30. The third kappa shape index (κ3) is 4.95. The van der Waals surface area contributed by atoms with Crippen LogP contribution in [0.4, 0.5) is 5.69 Å². The number of aromatic nitrogens is 1. The molecule has 1 aromatic carbocycles. The molecule has 4 nitrogen and oxygen atoms in total. The van der Waals surface area contributed by atoms with Gasteiger partial charge in [0.05, 0.1) is 0 Å². The number of hydrogen-bond acceptors (Lipinski definition) is 2. The molecule has 0 aliphatic heterocycles. The SMILES string of the molecule is Cc1cc([C@H]2CC[C@H](NC(=N)Nc3ccc(Cl)cc3)CC2)cc(C)n1. The first-order valence-electron chi connectivity index (χ1n) is 8.82. The Labute approximate surface area is 154 Å². The van der Waals surface area contributed by atoms with E-state index in [9.17, 15) is 0 Å². The molecule has 0 amide bonds. The summed E-state index contributed by atoms with van der Waals surface area (Å²) in [7, 11) is 0. The summed E-state index contributed by atoms with van der Waals surface area (Å²) >= 11 is 5.89. The Morgan fingerprint density at radius 1 is 1.04 bits per heavy atom. The normalized spacial score (nSPS) is 20.1. The van der Waals surface area contributed by atoms with E-state index in [1.807, 2.05) is 24.3 Å². The fourth-order valence-corrected chi connectivity index (χ4v) is 3.72. The van der Waals surface area contributed by atoms with Gasteiger partial charge in [-0.15, -0.1) is 0 Å². The zero-order chi connectivity index (χ0) is 17.8. The Morgan fingerprint density at radius 2 is 1.64 bits per heavy atom. The van der Waals surface area contributed by atoms with E-state index in [1.165, 1.54) is 5.56 Å². The maximum absolute atomic E-state index is 8.12. The van der Waals surface area contributed by atoms with Gasteiger partial charge in [-0.05, 0) is 87.4 Å². The van der Waals surface area contributed by atoms with Crippen LogP contribution in [0.2, 0.25) is 5.02 Å². The van der Waals surface area contributed by atoms with E-state index >= 15 is 0 Å². The van der Waals surface area contributed by atoms with Gasteiger partial charge in [0.15, 0.2) is 5.96 Å². The molecule has 0 unspecified atom stereocenters. The molecular weight excluding hydrogens is 332 g/mol. The molecule has 2 aromatic rings. The lowest BCUT2D eigenvalue weighted by atomic mass is 9.81. The van der Waals surface area contributed by atoms with Crippen LogP contribution in [0.5, 0.6) is 0 Å². The van der Waals surface area contributed by atoms with Gasteiger partial charge < -0.3 is 10.6 Å². The molecule has 1 aliphatic carbocycles. The van der Waals surface area contributed by atoms with Crippen LogP contribution >= 0.6 is 11.6 Å². The minimum atomic E-state index is 0.348. The Morgan fingerprint density at radius 3 is 2.24 bits per heavy atom. The van der Waals surface area contributed by atoms with Crippen molar-refractivity contribution in [1.29, 1.82) is 5.41 Å². The molecule has 25 heavy (non-hydrogen) atoms. The van der Waals surface area contributed by atoms with Crippen molar-refractivity contribution in [2.24, 2.45) is 0 Å². The van der Waals surface area contributed by atoms with Crippen molar-refractivity contribution < 1.29 is 0 Å². The zero-order valence-corrected chi connectivity index (χ0v) is 15.5. The standard InChI is InChI=1S/C20H25ClN4/c1-13-11-16(12-14(2)23-13)15-3-7-18(8-4-15)24-20(22)25-19-9-5-17(21)6-10-19/h5-6,9-12,15,18H,3-4,7-8H2,1-2H3,(H3,22,24,25)/t15-,18-. The molecule has 0 spiro atoms. The fraction of sp³-hybridized carbons (Fsp3) is 0.400. The van der Waals surface area contributed by atoms with Gasteiger partial charge in [0.1, 0.15) is 0 Å². The molecule has 3 N–H and O–H groups in total. The highest BCUT2D eigenvalue weighted by atomic mass is 35.5. The highest BCUT2D eigenvalue weighted by Crippen LogP contribution is 2.33. The summed E-state index contributed by atoms with van der Waals surface area (Å²) in [6.07, 6.45) is 4.45. The molecule has 0 saturated heterocycles. The number of rotatable bonds is 3. The molecule has 0 radical (unpaired) electrons. The van der Waals surface area contributed by atoms with Crippen molar-refractivity contribution in [3.05, 3.63) is 58.4 Å². The molecule has 3 rings (SSSR count). The van der Waals surface area contributed by atoms with E-state index in [2.05, 4.69) is 41.6 Å². The van der Waals surface area contributed by atoms with Crippen LogP contribution in [-0.4, -0.2) is 17.0 Å². The molecule has 1 fully saturated rings. The predicted octanol–water partition coefficient (Wildman–Crippen LogP) is 5.01. The summed E-state index contributed by atoms with van der Waals surface area (Å²) in [5.41, 5.74) is 4.49. The number of benzene rings is 1. The van der Waals surface area contributed by atoms with Gasteiger partial charge in [0, 0.05) is 28.1 Å². The number of nitrogens with zero attached hydrogens (tertiary/aromatic N) is 1. The Bertz CT molecular complexity index is 714. The summed E-state index contributed by atoms with van der Waals surface area (Å²) in [4.78, 5) is 4.47. The molecule has 0 atom stereocenters. The van der Waals surface area contributed by atoms with Crippen LogP contribution in [0.1, 0.15) is 48.6 Å². The van der Waals surface area contributed by atoms with E-state index in [0.29, 0.717) is 22.9 Å². The second-order valence-electron chi connectivity index (χ2n) is 6.88. The van der Waals surface area contributed by atoms with E-state index in [4.69, 9.17) is 17.0 Å². The van der Waals surface area contributed by atoms with Crippen LogP contribution in [-0.2, 0) is 0 Å². The number of guanidine groups is 1. The second-order valence-corrected chi connectivity index (χ2v) is 7.32. The quantitative estimate of drug-likeness (QED) is 0.534. The highest BCUT2D eigenvalue weighted by Gasteiger charge is 2.23. The van der Waals surface area contributed by atoms with E-state index in [0.717, 1.165) is 42.8 Å². The second kappa shape index (κ2) is 7.87. The van der Waals surface area contributed by atoms with Crippen LogP contribution in [0.3, 0.4) is 0 Å². The van der Waals surface area contributed by atoms with Crippen molar-refractivity contribution in [2.75, 3.05) is 5.32 Å². The molecule has 5 heteroatoms. The van der Waals surface area contributed by atoms with Crippen molar-refractivity contribution in [3.8, 4) is 0 Å². The fourth-order valence-electron chi connectivity index (χ4n) is 3.59. The molecule has 1 heterocycles. The molecule has 132 valence electrons. The van der Waals surface area contributed by atoms with Crippen molar-refractivity contribution in [3.63, 3.8) is 0 Å². The Balaban J connectivity index is 1.50. The smallest absolute Gasteiger partial charge is 0.193 e. The number of anilines is 1. The van der Waals surface area contributed by atoms with E-state index in [1.54, 1.807) is 0 Å². The predicted molar refractivity (Wildman–Crippen MR) is 105 cm³/mol. The van der Waals surface area contributed by atoms with Crippen molar-refractivity contribution >= 4 is 23.2 Å². The van der Waals surface area contributed by atoms with Gasteiger partial charge in [-0.3, -0.25) is 10.4 Å². The monoisotopic (exact) mass is 356 g/mol. The third-order valence-electron chi connectivity index (χ3n) is 4.76. The van der Waals surface area contributed by atoms with Crippen LogP contribution < -0.4 is 10.6 Å². The number of halogens is 1. The van der Waals surface area contributed by atoms with Gasteiger partial charge in [-0.1, -0.05) is 11.6 Å². The summed E-state index contributed by atoms with van der Waals surface area (Å²) in [6.45, 7) is 4.13. The summed E-state index contributed by atoms with van der Waals surface area (Å²) in [5.74, 6) is 0.957.